The van der Waals surface area contributed by atoms with Crippen LogP contribution in [0.25, 0.3) is 0 Å². The maximum Gasteiger partial charge on any atom is 0.306 e. The Bertz CT molecular complexity index is 868. The molecule has 1 N–H and O–H groups in total. The standard InChI is InChI=1S/C26H28O3/c1-19-15-23(16-20(2)26(19)28)13-14-25(27)29-24(17-21-9-5-3-6-10-21)18-22-11-7-4-8-12-22/h3-12,15-16,24,28H,13-14,17-18H2,1-2H3. The summed E-state index contributed by atoms with van der Waals surface area (Å²) in [6.07, 6.45) is 2.11. The molecule has 3 aromatic rings. The van der Waals surface area contributed by atoms with E-state index in [4.69, 9.17) is 4.74 Å². The summed E-state index contributed by atoms with van der Waals surface area (Å²) in [7, 11) is 0. The summed E-state index contributed by atoms with van der Waals surface area (Å²) in [6.45, 7) is 3.75. The number of phenolic OH excluding ortho intramolecular Hbond substituents is 1. The molecule has 0 heterocycles. The van der Waals surface area contributed by atoms with Gasteiger partial charge in [0.15, 0.2) is 0 Å². The molecule has 0 unspecified atom stereocenters. The number of hydrogen-bond donors (Lipinski definition) is 1. The largest absolute Gasteiger partial charge is 0.507 e. The highest BCUT2D eigenvalue weighted by molar-refractivity contribution is 5.70. The summed E-state index contributed by atoms with van der Waals surface area (Å²) in [5.41, 5.74) is 5.02. The molecule has 0 amide bonds. The van der Waals surface area contributed by atoms with Crippen molar-refractivity contribution >= 4 is 5.97 Å². The molecule has 3 heteroatoms. The molecule has 0 aliphatic rings. The molecule has 0 aliphatic carbocycles. The Morgan fingerprint density at radius 2 is 1.31 bits per heavy atom. The van der Waals surface area contributed by atoms with Crippen molar-refractivity contribution in [1.82, 2.24) is 0 Å². The molecule has 3 aromatic carbocycles. The van der Waals surface area contributed by atoms with Crippen LogP contribution in [-0.4, -0.2) is 17.2 Å². The van der Waals surface area contributed by atoms with Crippen LogP contribution in [-0.2, 0) is 28.8 Å². The van der Waals surface area contributed by atoms with Crippen LogP contribution in [0.4, 0.5) is 0 Å². The van der Waals surface area contributed by atoms with Crippen molar-refractivity contribution in [2.75, 3.05) is 0 Å². The Kier molecular flexibility index (Phi) is 7.07. The Morgan fingerprint density at radius 3 is 1.79 bits per heavy atom. The molecule has 0 atom stereocenters. The average Bonchev–Trinajstić information content (AvgIpc) is 2.72. The topological polar surface area (TPSA) is 46.5 Å². The first kappa shape index (κ1) is 20.7. The number of aryl methyl sites for hydroxylation is 3. The summed E-state index contributed by atoms with van der Waals surface area (Å²) in [6, 6.07) is 24.1. The maximum atomic E-state index is 12.6. The van der Waals surface area contributed by atoms with Gasteiger partial charge in [0, 0.05) is 19.3 Å². The Labute approximate surface area is 173 Å². The van der Waals surface area contributed by atoms with Gasteiger partial charge in [-0.1, -0.05) is 72.8 Å². The van der Waals surface area contributed by atoms with Crippen LogP contribution in [0, 0.1) is 13.8 Å². The quantitative estimate of drug-likeness (QED) is 0.530. The number of ether oxygens (including phenoxy) is 1. The first-order chi connectivity index (χ1) is 14.0. The lowest BCUT2D eigenvalue weighted by atomic mass is 10.0. The van der Waals surface area contributed by atoms with Crippen molar-refractivity contribution in [3.8, 4) is 5.75 Å². The van der Waals surface area contributed by atoms with Crippen LogP contribution in [0.2, 0.25) is 0 Å². The third kappa shape index (κ3) is 6.21. The van der Waals surface area contributed by atoms with Gasteiger partial charge in [-0.25, -0.2) is 0 Å². The number of carbonyl (C=O) groups is 1. The highest BCUT2D eigenvalue weighted by Crippen LogP contribution is 2.23. The number of phenols is 1. The van der Waals surface area contributed by atoms with Crippen molar-refractivity contribution < 1.29 is 14.6 Å². The molecular weight excluding hydrogens is 360 g/mol. The number of rotatable bonds is 8. The second-order valence-corrected chi connectivity index (χ2v) is 7.57. The summed E-state index contributed by atoms with van der Waals surface area (Å²) < 4.78 is 5.88. The zero-order valence-electron chi connectivity index (χ0n) is 17.1. The predicted molar refractivity (Wildman–Crippen MR) is 116 cm³/mol. The molecule has 3 nitrogen and oxygen atoms in total. The lowest BCUT2D eigenvalue weighted by Gasteiger charge is -2.19. The normalized spacial score (nSPS) is 10.9. The molecule has 3 rings (SSSR count). The molecule has 0 radical (unpaired) electrons. The summed E-state index contributed by atoms with van der Waals surface area (Å²) in [4.78, 5) is 12.6. The molecule has 29 heavy (non-hydrogen) atoms. The Hall–Kier alpha value is -3.07. The maximum absolute atomic E-state index is 12.6. The van der Waals surface area contributed by atoms with Gasteiger partial charge >= 0.3 is 5.97 Å². The summed E-state index contributed by atoms with van der Waals surface area (Å²) >= 11 is 0. The summed E-state index contributed by atoms with van der Waals surface area (Å²) in [5, 5.41) is 9.92. The van der Waals surface area contributed by atoms with Crippen LogP contribution in [0.3, 0.4) is 0 Å². The van der Waals surface area contributed by atoms with Gasteiger partial charge in [0.2, 0.25) is 0 Å². The van der Waals surface area contributed by atoms with Gasteiger partial charge in [-0.2, -0.15) is 0 Å². The SMILES string of the molecule is Cc1cc(CCC(=O)OC(Cc2ccccc2)Cc2ccccc2)cc(C)c1O. The van der Waals surface area contributed by atoms with Crippen LogP contribution in [0.15, 0.2) is 72.8 Å². The molecule has 0 aromatic heterocycles. The van der Waals surface area contributed by atoms with E-state index in [2.05, 4.69) is 24.3 Å². The van der Waals surface area contributed by atoms with Gasteiger partial charge in [0.05, 0.1) is 0 Å². The predicted octanol–water partition coefficient (Wildman–Crippen LogP) is 5.34. The number of aromatic hydroxyl groups is 1. The third-order valence-corrected chi connectivity index (χ3v) is 5.08. The fraction of sp³-hybridized carbons (Fsp3) is 0.269. The van der Waals surface area contributed by atoms with Crippen LogP contribution in [0.5, 0.6) is 5.75 Å². The molecule has 0 bridgehead atoms. The van der Waals surface area contributed by atoms with E-state index in [-0.39, 0.29) is 12.1 Å². The number of hydrogen-bond acceptors (Lipinski definition) is 3. The minimum absolute atomic E-state index is 0.190. The number of esters is 1. The van der Waals surface area contributed by atoms with Gasteiger partial charge in [-0.05, 0) is 48.1 Å². The second kappa shape index (κ2) is 9.92. The monoisotopic (exact) mass is 388 g/mol. The lowest BCUT2D eigenvalue weighted by Crippen LogP contribution is -2.23. The van der Waals surface area contributed by atoms with Crippen LogP contribution in [0.1, 0.15) is 34.2 Å². The number of carbonyl (C=O) groups excluding carboxylic acids is 1. The zero-order chi connectivity index (χ0) is 20.6. The van der Waals surface area contributed by atoms with E-state index in [1.165, 1.54) is 0 Å². The van der Waals surface area contributed by atoms with Gasteiger partial charge in [0.25, 0.3) is 0 Å². The zero-order valence-corrected chi connectivity index (χ0v) is 17.1. The Balaban J connectivity index is 1.63. The first-order valence-corrected chi connectivity index (χ1v) is 10.1. The van der Waals surface area contributed by atoms with Crippen molar-refractivity contribution in [2.45, 2.75) is 45.6 Å². The van der Waals surface area contributed by atoms with E-state index in [0.717, 1.165) is 27.8 Å². The molecular formula is C26H28O3. The van der Waals surface area contributed by atoms with E-state index in [1.54, 1.807) is 0 Å². The first-order valence-electron chi connectivity index (χ1n) is 10.1. The Morgan fingerprint density at radius 1 is 0.828 bits per heavy atom. The molecule has 150 valence electrons. The molecule has 0 saturated carbocycles. The fourth-order valence-electron chi connectivity index (χ4n) is 3.59. The van der Waals surface area contributed by atoms with Gasteiger partial charge < -0.3 is 9.84 Å². The van der Waals surface area contributed by atoms with Crippen LogP contribution >= 0.6 is 0 Å². The van der Waals surface area contributed by atoms with Crippen molar-refractivity contribution in [3.05, 3.63) is 101 Å². The molecule has 0 saturated heterocycles. The van der Waals surface area contributed by atoms with Crippen LogP contribution < -0.4 is 0 Å². The smallest absolute Gasteiger partial charge is 0.306 e. The molecule has 0 spiro atoms. The van der Waals surface area contributed by atoms with Crippen molar-refractivity contribution in [3.63, 3.8) is 0 Å². The van der Waals surface area contributed by atoms with Gasteiger partial charge in [-0.15, -0.1) is 0 Å². The highest BCUT2D eigenvalue weighted by atomic mass is 16.5. The number of benzene rings is 3. The lowest BCUT2D eigenvalue weighted by molar-refractivity contribution is -0.148. The highest BCUT2D eigenvalue weighted by Gasteiger charge is 2.16. The van der Waals surface area contributed by atoms with E-state index < -0.39 is 0 Å². The van der Waals surface area contributed by atoms with Crippen molar-refractivity contribution in [2.24, 2.45) is 0 Å². The van der Waals surface area contributed by atoms with E-state index in [0.29, 0.717) is 31.4 Å². The second-order valence-electron chi connectivity index (χ2n) is 7.57. The minimum atomic E-state index is -0.199. The fourth-order valence-corrected chi connectivity index (χ4v) is 3.59. The van der Waals surface area contributed by atoms with E-state index in [1.807, 2.05) is 62.4 Å². The van der Waals surface area contributed by atoms with Gasteiger partial charge in [0.1, 0.15) is 11.9 Å². The average molecular weight is 389 g/mol. The molecule has 0 fully saturated rings. The van der Waals surface area contributed by atoms with E-state index >= 15 is 0 Å². The third-order valence-electron chi connectivity index (χ3n) is 5.08. The van der Waals surface area contributed by atoms with Gasteiger partial charge in [-0.3, -0.25) is 4.79 Å². The van der Waals surface area contributed by atoms with E-state index in [9.17, 15) is 9.90 Å². The summed E-state index contributed by atoms with van der Waals surface area (Å²) in [5.74, 6) is 0.132. The van der Waals surface area contributed by atoms with Crippen molar-refractivity contribution in [1.29, 1.82) is 0 Å². The minimum Gasteiger partial charge on any atom is -0.507 e. The molecule has 0 aliphatic heterocycles.